The van der Waals surface area contributed by atoms with E-state index in [9.17, 15) is 0 Å². The third-order valence-electron chi connectivity index (χ3n) is 4.63. The molecule has 3 aromatic rings. The fourth-order valence-corrected chi connectivity index (χ4v) is 3.14. The van der Waals surface area contributed by atoms with Gasteiger partial charge in [0.25, 0.3) is 0 Å². The molecule has 0 amide bonds. The molecule has 2 aromatic carbocycles. The van der Waals surface area contributed by atoms with E-state index >= 15 is 0 Å². The Morgan fingerprint density at radius 3 is 2.54 bits per heavy atom. The third-order valence-corrected chi connectivity index (χ3v) is 4.63. The lowest BCUT2D eigenvalue weighted by molar-refractivity contribution is 0.740. The maximum absolute atomic E-state index is 4.72. The molecule has 0 saturated carbocycles. The Labute approximate surface area is 153 Å². The van der Waals surface area contributed by atoms with Crippen molar-refractivity contribution in [2.45, 2.75) is 33.2 Å². The van der Waals surface area contributed by atoms with Gasteiger partial charge in [-0.05, 0) is 36.1 Å². The molecule has 0 fully saturated rings. The molecule has 5 heteroatoms. The molecular formula is C21H23N5. The summed E-state index contributed by atoms with van der Waals surface area (Å²) in [6.07, 6.45) is 0. The maximum atomic E-state index is 4.72. The molecule has 4 rings (SSSR count). The Morgan fingerprint density at radius 2 is 1.85 bits per heavy atom. The molecular weight excluding hydrogens is 322 g/mol. The number of amidine groups is 1. The zero-order valence-electron chi connectivity index (χ0n) is 15.3. The number of nitrogens with one attached hydrogen (secondary N) is 2. The number of hydrogen-bond acceptors (Lipinski definition) is 3. The average molecular weight is 345 g/mol. The molecule has 0 bridgehead atoms. The second-order valence-corrected chi connectivity index (χ2v) is 6.97. The number of H-pyrrole nitrogens is 1. The van der Waals surface area contributed by atoms with Crippen LogP contribution < -0.4 is 10.4 Å². The van der Waals surface area contributed by atoms with Crippen LogP contribution in [0.2, 0.25) is 0 Å². The van der Waals surface area contributed by atoms with Gasteiger partial charge in [-0.25, -0.2) is 4.99 Å². The first-order valence-corrected chi connectivity index (χ1v) is 8.93. The minimum absolute atomic E-state index is 0.527. The lowest BCUT2D eigenvalue weighted by Gasteiger charge is -2.33. The summed E-state index contributed by atoms with van der Waals surface area (Å²) < 4.78 is 0. The second-order valence-electron chi connectivity index (χ2n) is 6.97. The van der Waals surface area contributed by atoms with Crippen LogP contribution in [-0.2, 0) is 6.54 Å². The van der Waals surface area contributed by atoms with Crippen molar-refractivity contribution in [2.24, 2.45) is 4.99 Å². The van der Waals surface area contributed by atoms with Crippen molar-refractivity contribution in [1.29, 1.82) is 0 Å². The number of hydrazine groups is 1. The van der Waals surface area contributed by atoms with Crippen LogP contribution in [0.25, 0.3) is 0 Å². The van der Waals surface area contributed by atoms with Gasteiger partial charge >= 0.3 is 0 Å². The Kier molecular flexibility index (Phi) is 4.21. The molecule has 0 aliphatic carbocycles. The number of benzene rings is 2. The van der Waals surface area contributed by atoms with Crippen LogP contribution in [-0.4, -0.2) is 16.0 Å². The molecule has 1 aliphatic rings. The predicted molar refractivity (Wildman–Crippen MR) is 106 cm³/mol. The van der Waals surface area contributed by atoms with Crippen molar-refractivity contribution in [3.05, 3.63) is 77.0 Å². The summed E-state index contributed by atoms with van der Waals surface area (Å²) in [4.78, 5) is 4.72. The van der Waals surface area contributed by atoms with Gasteiger partial charge in [-0.3, -0.25) is 15.5 Å². The number of nitrogens with zero attached hydrogens (tertiary/aromatic N) is 3. The van der Waals surface area contributed by atoms with E-state index in [1.807, 2.05) is 19.1 Å². The molecule has 0 unspecified atom stereocenters. The normalized spacial score (nSPS) is 15.2. The van der Waals surface area contributed by atoms with Gasteiger partial charge in [0, 0.05) is 17.3 Å². The van der Waals surface area contributed by atoms with E-state index in [-0.39, 0.29) is 0 Å². The Balaban J connectivity index is 1.70. The summed E-state index contributed by atoms with van der Waals surface area (Å²) in [7, 11) is 0. The lowest BCUT2D eigenvalue weighted by Crippen LogP contribution is -2.46. The van der Waals surface area contributed by atoms with Gasteiger partial charge in [-0.1, -0.05) is 50.2 Å². The van der Waals surface area contributed by atoms with Crippen molar-refractivity contribution in [2.75, 3.05) is 5.01 Å². The highest BCUT2D eigenvalue weighted by molar-refractivity contribution is 6.03. The molecule has 0 atom stereocenters. The minimum Gasteiger partial charge on any atom is -0.282 e. The van der Waals surface area contributed by atoms with Gasteiger partial charge in [-0.15, -0.1) is 0 Å². The number of aromatic nitrogens is 2. The maximum Gasteiger partial charge on any atom is 0.176 e. The van der Waals surface area contributed by atoms with Gasteiger partial charge < -0.3 is 0 Å². The lowest BCUT2D eigenvalue weighted by atomic mass is 10.0. The molecule has 0 spiro atoms. The van der Waals surface area contributed by atoms with E-state index in [0.29, 0.717) is 11.7 Å². The number of aryl methyl sites for hydroxylation is 1. The molecule has 1 aliphatic heterocycles. The van der Waals surface area contributed by atoms with E-state index in [0.717, 1.165) is 29.3 Å². The van der Waals surface area contributed by atoms with Gasteiger partial charge in [0.2, 0.25) is 0 Å². The van der Waals surface area contributed by atoms with Crippen LogP contribution in [0.5, 0.6) is 0 Å². The fraction of sp³-hybridized carbons (Fsp3) is 0.238. The van der Waals surface area contributed by atoms with Gasteiger partial charge in [0.15, 0.2) is 11.7 Å². The average Bonchev–Trinajstić information content (AvgIpc) is 3.06. The largest absolute Gasteiger partial charge is 0.282 e. The fourth-order valence-electron chi connectivity index (χ4n) is 3.14. The summed E-state index contributed by atoms with van der Waals surface area (Å²) in [6, 6.07) is 19.0. The predicted octanol–water partition coefficient (Wildman–Crippen LogP) is 4.44. The second kappa shape index (κ2) is 6.67. The van der Waals surface area contributed by atoms with Crippen molar-refractivity contribution >= 4 is 17.3 Å². The first-order chi connectivity index (χ1) is 12.6. The molecule has 0 saturated heterocycles. The van der Waals surface area contributed by atoms with Crippen LogP contribution >= 0.6 is 0 Å². The molecule has 2 N–H and O–H groups in total. The zero-order valence-corrected chi connectivity index (χ0v) is 15.3. The molecule has 132 valence electrons. The van der Waals surface area contributed by atoms with E-state index in [1.165, 1.54) is 11.1 Å². The molecule has 1 aromatic heterocycles. The highest BCUT2D eigenvalue weighted by atomic mass is 15.5. The van der Waals surface area contributed by atoms with Crippen LogP contribution in [0.15, 0.2) is 59.6 Å². The highest BCUT2D eigenvalue weighted by Crippen LogP contribution is 2.25. The topological polar surface area (TPSA) is 56.3 Å². The van der Waals surface area contributed by atoms with Crippen molar-refractivity contribution in [3.8, 4) is 0 Å². The molecule has 2 heterocycles. The SMILES string of the molecule is Cc1cc(N=C2NN(c3ccc(C(C)C)cc3)Cc3ccccc32)n[nH]1. The Hall–Kier alpha value is -3.08. The summed E-state index contributed by atoms with van der Waals surface area (Å²) in [5, 5.41) is 9.31. The standard InChI is InChI=1S/C21H23N5/c1-14(2)16-8-10-18(11-9-16)26-13-17-6-4-5-7-19(17)21(25-26)22-20-12-15(3)23-24-20/h4-12,14H,13H2,1-3H3,(H2,22,23,24,25). The summed E-state index contributed by atoms with van der Waals surface area (Å²) >= 11 is 0. The summed E-state index contributed by atoms with van der Waals surface area (Å²) in [6.45, 7) is 7.18. The summed E-state index contributed by atoms with van der Waals surface area (Å²) in [5.41, 5.74) is 9.27. The smallest absolute Gasteiger partial charge is 0.176 e. The van der Waals surface area contributed by atoms with Crippen molar-refractivity contribution < 1.29 is 0 Å². The number of aliphatic imine (C=N–C) groups is 1. The molecule has 0 radical (unpaired) electrons. The van der Waals surface area contributed by atoms with Crippen LogP contribution in [0.1, 0.15) is 42.1 Å². The van der Waals surface area contributed by atoms with Crippen molar-refractivity contribution in [3.63, 3.8) is 0 Å². The van der Waals surface area contributed by atoms with Gasteiger partial charge in [-0.2, -0.15) is 5.10 Å². The Bertz CT molecular complexity index is 937. The van der Waals surface area contributed by atoms with Crippen LogP contribution in [0.3, 0.4) is 0 Å². The minimum atomic E-state index is 0.527. The van der Waals surface area contributed by atoms with E-state index in [2.05, 4.69) is 76.9 Å². The highest BCUT2D eigenvalue weighted by Gasteiger charge is 2.21. The monoisotopic (exact) mass is 345 g/mol. The van der Waals surface area contributed by atoms with Gasteiger partial charge in [0.1, 0.15) is 0 Å². The first-order valence-electron chi connectivity index (χ1n) is 8.93. The number of rotatable bonds is 3. The first kappa shape index (κ1) is 16.4. The number of hydrogen-bond donors (Lipinski definition) is 2. The quantitative estimate of drug-likeness (QED) is 0.737. The molecule has 26 heavy (non-hydrogen) atoms. The van der Waals surface area contributed by atoms with E-state index in [4.69, 9.17) is 4.99 Å². The molecule has 5 nitrogen and oxygen atoms in total. The summed E-state index contributed by atoms with van der Waals surface area (Å²) in [5.74, 6) is 2.02. The van der Waals surface area contributed by atoms with Gasteiger partial charge in [0.05, 0.1) is 12.2 Å². The third kappa shape index (κ3) is 3.20. The number of aromatic amines is 1. The van der Waals surface area contributed by atoms with E-state index < -0.39 is 0 Å². The zero-order chi connectivity index (χ0) is 18.1. The number of anilines is 1. The Morgan fingerprint density at radius 1 is 1.08 bits per heavy atom. The van der Waals surface area contributed by atoms with E-state index in [1.54, 1.807) is 0 Å². The van der Waals surface area contributed by atoms with Crippen molar-refractivity contribution in [1.82, 2.24) is 15.6 Å². The number of fused-ring (bicyclic) bond motifs is 1. The van der Waals surface area contributed by atoms with Crippen LogP contribution in [0, 0.1) is 6.92 Å². The van der Waals surface area contributed by atoms with Crippen LogP contribution in [0.4, 0.5) is 11.5 Å².